The van der Waals surface area contributed by atoms with Gasteiger partial charge in [0.15, 0.2) is 0 Å². The first kappa shape index (κ1) is 12.2. The Kier molecular flexibility index (Phi) is 3.35. The fraction of sp³-hybridized carbons (Fsp3) is 0.714. The van der Waals surface area contributed by atoms with Crippen molar-refractivity contribution in [2.45, 2.75) is 38.6 Å². The molecule has 0 aliphatic heterocycles. The van der Waals surface area contributed by atoms with E-state index in [0.717, 1.165) is 17.8 Å². The molecule has 4 atom stereocenters. The fourth-order valence-corrected chi connectivity index (χ4v) is 6.04. The second kappa shape index (κ2) is 4.67. The van der Waals surface area contributed by atoms with Crippen LogP contribution in [-0.2, 0) is 0 Å². The van der Waals surface area contributed by atoms with Crippen LogP contribution in [0.3, 0.4) is 0 Å². The third-order valence-corrected chi connectivity index (χ3v) is 6.70. The summed E-state index contributed by atoms with van der Waals surface area (Å²) in [4.78, 5) is 2.93. The van der Waals surface area contributed by atoms with Crippen LogP contribution in [0.4, 0.5) is 0 Å². The first-order valence-corrected chi connectivity index (χ1v) is 8.23. The van der Waals surface area contributed by atoms with Crippen LogP contribution >= 0.6 is 27.3 Å². The molecule has 2 aliphatic carbocycles. The van der Waals surface area contributed by atoms with Gasteiger partial charge in [-0.1, -0.05) is 6.42 Å². The number of nitrogens with one attached hydrogen (secondary N) is 1. The molecule has 1 nitrogen and oxygen atoms in total. The molecular formula is C14H20BrNS. The number of aryl methyl sites for hydroxylation is 1. The average Bonchev–Trinajstić information content (AvgIpc) is 2.96. The van der Waals surface area contributed by atoms with Gasteiger partial charge in [0, 0.05) is 20.3 Å². The Balaban J connectivity index is 1.86. The first-order chi connectivity index (χ1) is 8.19. The Morgan fingerprint density at radius 1 is 1.41 bits per heavy atom. The van der Waals surface area contributed by atoms with Crippen LogP contribution in [0.25, 0.3) is 0 Å². The summed E-state index contributed by atoms with van der Waals surface area (Å²) in [7, 11) is 2.12. The van der Waals surface area contributed by atoms with Crippen molar-refractivity contribution >= 4 is 27.3 Å². The minimum Gasteiger partial charge on any atom is -0.312 e. The van der Waals surface area contributed by atoms with Crippen molar-refractivity contribution in [1.29, 1.82) is 0 Å². The second-order valence-corrected chi connectivity index (χ2v) is 7.82. The lowest BCUT2D eigenvalue weighted by molar-refractivity contribution is 0.262. The maximum Gasteiger partial charge on any atom is 0.0455 e. The SMILES string of the molecule is CNC(c1sc(C)cc1Br)C1CC2CCC1C2. The monoisotopic (exact) mass is 313 g/mol. The van der Waals surface area contributed by atoms with E-state index in [1.807, 2.05) is 11.3 Å². The predicted molar refractivity (Wildman–Crippen MR) is 77.5 cm³/mol. The standard InChI is InChI=1S/C14H20BrNS/c1-8-5-12(15)14(17-8)13(16-2)11-7-9-3-4-10(11)6-9/h5,9-11,13,16H,3-4,6-7H2,1-2H3. The predicted octanol–water partition coefficient (Wildman–Crippen LogP) is 4.52. The Labute approximate surface area is 116 Å². The molecule has 0 saturated heterocycles. The highest BCUT2D eigenvalue weighted by Gasteiger charge is 2.43. The zero-order valence-electron chi connectivity index (χ0n) is 10.5. The van der Waals surface area contributed by atoms with Gasteiger partial charge in [0.2, 0.25) is 0 Å². The molecule has 1 heterocycles. The van der Waals surface area contributed by atoms with E-state index in [2.05, 4.69) is 41.3 Å². The molecule has 4 unspecified atom stereocenters. The summed E-state index contributed by atoms with van der Waals surface area (Å²) in [5.41, 5.74) is 0. The molecule has 0 radical (unpaired) electrons. The molecular weight excluding hydrogens is 294 g/mol. The van der Waals surface area contributed by atoms with Crippen molar-refractivity contribution in [1.82, 2.24) is 5.32 Å². The van der Waals surface area contributed by atoms with Gasteiger partial charge in [-0.25, -0.2) is 0 Å². The van der Waals surface area contributed by atoms with Gasteiger partial charge < -0.3 is 5.32 Å². The second-order valence-electron chi connectivity index (χ2n) is 5.67. The van der Waals surface area contributed by atoms with Gasteiger partial charge in [-0.05, 0) is 73.0 Å². The van der Waals surface area contributed by atoms with Gasteiger partial charge in [-0.15, -0.1) is 11.3 Å². The summed E-state index contributed by atoms with van der Waals surface area (Å²) in [6.45, 7) is 2.20. The number of rotatable bonds is 3. The van der Waals surface area contributed by atoms with E-state index >= 15 is 0 Å². The van der Waals surface area contributed by atoms with Gasteiger partial charge >= 0.3 is 0 Å². The number of thiophene rings is 1. The molecule has 94 valence electrons. The summed E-state index contributed by atoms with van der Waals surface area (Å²) >= 11 is 5.68. The van der Waals surface area contributed by atoms with Gasteiger partial charge in [-0.3, -0.25) is 0 Å². The zero-order chi connectivity index (χ0) is 12.0. The number of halogens is 1. The lowest BCUT2D eigenvalue weighted by Crippen LogP contribution is -2.28. The highest BCUT2D eigenvalue weighted by atomic mass is 79.9. The van der Waals surface area contributed by atoms with E-state index in [1.165, 1.54) is 39.9 Å². The molecule has 17 heavy (non-hydrogen) atoms. The number of hydrogen-bond acceptors (Lipinski definition) is 2. The van der Waals surface area contributed by atoms with Crippen LogP contribution in [-0.4, -0.2) is 7.05 Å². The van der Waals surface area contributed by atoms with Gasteiger partial charge in [-0.2, -0.15) is 0 Å². The van der Waals surface area contributed by atoms with Gasteiger partial charge in [0.1, 0.15) is 0 Å². The van der Waals surface area contributed by atoms with E-state index in [9.17, 15) is 0 Å². The Morgan fingerprint density at radius 3 is 2.71 bits per heavy atom. The fourth-order valence-electron chi connectivity index (χ4n) is 3.96. The van der Waals surface area contributed by atoms with Gasteiger partial charge in [0.25, 0.3) is 0 Å². The van der Waals surface area contributed by atoms with E-state index in [0.29, 0.717) is 6.04 Å². The van der Waals surface area contributed by atoms with Crippen molar-refractivity contribution in [3.8, 4) is 0 Å². The molecule has 2 aliphatic rings. The lowest BCUT2D eigenvalue weighted by atomic mass is 9.83. The van der Waals surface area contributed by atoms with Crippen LogP contribution in [0.5, 0.6) is 0 Å². The van der Waals surface area contributed by atoms with Gasteiger partial charge in [0.05, 0.1) is 0 Å². The summed E-state index contributed by atoms with van der Waals surface area (Å²) in [5.74, 6) is 2.88. The maximum atomic E-state index is 3.73. The highest BCUT2D eigenvalue weighted by molar-refractivity contribution is 9.10. The van der Waals surface area contributed by atoms with Crippen molar-refractivity contribution in [3.63, 3.8) is 0 Å². The Morgan fingerprint density at radius 2 is 2.24 bits per heavy atom. The minimum atomic E-state index is 0.568. The van der Waals surface area contributed by atoms with Crippen molar-refractivity contribution in [3.05, 3.63) is 20.3 Å². The van der Waals surface area contributed by atoms with E-state index < -0.39 is 0 Å². The number of hydrogen-bond donors (Lipinski definition) is 1. The van der Waals surface area contributed by atoms with Crippen LogP contribution < -0.4 is 5.32 Å². The normalized spacial score (nSPS) is 33.2. The lowest BCUT2D eigenvalue weighted by Gasteiger charge is -2.30. The summed E-state index contributed by atoms with van der Waals surface area (Å²) < 4.78 is 1.31. The van der Waals surface area contributed by atoms with Crippen LogP contribution in [0.2, 0.25) is 0 Å². The first-order valence-electron chi connectivity index (χ1n) is 6.62. The molecule has 3 rings (SSSR count). The molecule has 2 fully saturated rings. The molecule has 2 bridgehead atoms. The molecule has 1 aromatic rings. The maximum absolute atomic E-state index is 3.73. The third kappa shape index (κ3) is 2.11. The summed E-state index contributed by atoms with van der Waals surface area (Å²) in [5, 5.41) is 3.58. The van der Waals surface area contributed by atoms with E-state index in [-0.39, 0.29) is 0 Å². The Hall–Kier alpha value is 0.140. The van der Waals surface area contributed by atoms with Crippen molar-refractivity contribution < 1.29 is 0 Å². The molecule has 3 heteroatoms. The van der Waals surface area contributed by atoms with E-state index in [1.54, 1.807) is 0 Å². The topological polar surface area (TPSA) is 12.0 Å². The molecule has 2 saturated carbocycles. The minimum absolute atomic E-state index is 0.568. The quantitative estimate of drug-likeness (QED) is 0.865. The third-order valence-electron chi connectivity index (χ3n) is 4.65. The van der Waals surface area contributed by atoms with Crippen molar-refractivity contribution in [2.75, 3.05) is 7.05 Å². The highest BCUT2D eigenvalue weighted by Crippen LogP contribution is 2.53. The van der Waals surface area contributed by atoms with Crippen LogP contribution in [0.15, 0.2) is 10.5 Å². The summed E-state index contributed by atoms with van der Waals surface area (Å²) in [6.07, 6.45) is 5.89. The smallest absolute Gasteiger partial charge is 0.0455 e. The molecule has 1 N–H and O–H groups in total. The van der Waals surface area contributed by atoms with Crippen LogP contribution in [0, 0.1) is 24.7 Å². The largest absolute Gasteiger partial charge is 0.312 e. The van der Waals surface area contributed by atoms with E-state index in [4.69, 9.17) is 0 Å². The zero-order valence-corrected chi connectivity index (χ0v) is 12.9. The van der Waals surface area contributed by atoms with Crippen LogP contribution in [0.1, 0.15) is 41.5 Å². The molecule has 0 aromatic carbocycles. The molecule has 1 aromatic heterocycles. The number of fused-ring (bicyclic) bond motifs is 2. The summed E-state index contributed by atoms with van der Waals surface area (Å²) in [6, 6.07) is 2.83. The Bertz CT molecular complexity index is 414. The van der Waals surface area contributed by atoms with Crippen molar-refractivity contribution in [2.24, 2.45) is 17.8 Å². The molecule has 0 spiro atoms. The molecule has 0 amide bonds. The average molecular weight is 314 g/mol.